The van der Waals surface area contributed by atoms with Crippen LogP contribution in [-0.2, 0) is 6.42 Å². The number of rotatable bonds is 3. The van der Waals surface area contributed by atoms with Crippen LogP contribution in [-0.4, -0.2) is 38.5 Å². The number of carbonyl (C=O) groups excluding carboxylic acids is 1. The summed E-state index contributed by atoms with van der Waals surface area (Å²) < 4.78 is 13.8. The van der Waals surface area contributed by atoms with Gasteiger partial charge >= 0.3 is 12.0 Å². The average Bonchev–Trinajstić information content (AvgIpc) is 3.16. The van der Waals surface area contributed by atoms with Crippen LogP contribution in [0.3, 0.4) is 0 Å². The first-order valence-electron chi connectivity index (χ1n) is 8.72. The fraction of sp³-hybridized carbons (Fsp3) is 0.150. The minimum atomic E-state index is -1.13. The van der Waals surface area contributed by atoms with Gasteiger partial charge in [-0.2, -0.15) is 0 Å². The molecule has 7 nitrogen and oxygen atoms in total. The van der Waals surface area contributed by atoms with E-state index in [4.69, 9.17) is 0 Å². The van der Waals surface area contributed by atoms with Gasteiger partial charge in [0.2, 0.25) is 0 Å². The quantitative estimate of drug-likeness (QED) is 0.648. The third-order valence-electron chi connectivity index (χ3n) is 4.75. The molecular weight excluding hydrogens is 363 g/mol. The number of aromatic carboxylic acids is 1. The number of urea groups is 1. The molecule has 1 aliphatic rings. The zero-order chi connectivity index (χ0) is 19.7. The number of fused-ring (bicyclic) bond motifs is 1. The second-order valence-electron chi connectivity index (χ2n) is 6.45. The monoisotopic (exact) mass is 380 g/mol. The zero-order valence-electron chi connectivity index (χ0n) is 14.7. The largest absolute Gasteiger partial charge is 0.478 e. The van der Waals surface area contributed by atoms with Crippen LogP contribution in [0.2, 0.25) is 0 Å². The number of halogens is 1. The minimum Gasteiger partial charge on any atom is -0.478 e. The summed E-state index contributed by atoms with van der Waals surface area (Å²) in [4.78, 5) is 33.4. The second kappa shape index (κ2) is 7.15. The first kappa shape index (κ1) is 17.7. The molecule has 142 valence electrons. The number of anilines is 1. The fourth-order valence-electron chi connectivity index (χ4n) is 3.48. The highest BCUT2D eigenvalue weighted by atomic mass is 19.1. The summed E-state index contributed by atoms with van der Waals surface area (Å²) in [6.07, 6.45) is 2.12. The number of aromatic amines is 1. The summed E-state index contributed by atoms with van der Waals surface area (Å²) >= 11 is 0. The van der Waals surface area contributed by atoms with E-state index >= 15 is 0 Å². The summed E-state index contributed by atoms with van der Waals surface area (Å²) in [7, 11) is 0. The Labute approximate surface area is 159 Å². The molecule has 0 saturated heterocycles. The Morgan fingerprint density at radius 3 is 2.82 bits per heavy atom. The number of nitrogens with zero attached hydrogens (tertiary/aromatic N) is 2. The maximum Gasteiger partial charge on any atom is 0.337 e. The Morgan fingerprint density at radius 2 is 2.04 bits per heavy atom. The summed E-state index contributed by atoms with van der Waals surface area (Å²) in [5.74, 6) is -1.54. The molecule has 1 atom stereocenters. The van der Waals surface area contributed by atoms with Gasteiger partial charge in [0.05, 0.1) is 23.3 Å². The number of hydrogen-bond donors (Lipinski definition) is 3. The lowest BCUT2D eigenvalue weighted by Gasteiger charge is -2.35. The molecule has 3 aromatic rings. The van der Waals surface area contributed by atoms with E-state index in [9.17, 15) is 19.1 Å². The number of carboxylic acids is 1. The van der Waals surface area contributed by atoms with Crippen LogP contribution in [0.1, 0.15) is 33.4 Å². The number of amides is 2. The second-order valence-corrected chi connectivity index (χ2v) is 6.45. The number of imidazole rings is 1. The van der Waals surface area contributed by atoms with E-state index in [-0.39, 0.29) is 11.3 Å². The van der Waals surface area contributed by atoms with Crippen LogP contribution in [0.4, 0.5) is 14.9 Å². The Morgan fingerprint density at radius 1 is 1.21 bits per heavy atom. The highest BCUT2D eigenvalue weighted by molar-refractivity contribution is 6.00. The molecule has 28 heavy (non-hydrogen) atoms. The standard InChI is InChI=1S/C20H17FN4O3/c21-13-5-3-4-12(10-13)18-17-16(22-11-23-17)8-9-25(18)20(28)24-15-7-2-1-6-14(15)19(26)27/h1-7,10-11,18H,8-9H2,(H,22,23)(H,24,28)(H,26,27)/t18-/m0/s1. The van der Waals surface area contributed by atoms with Gasteiger partial charge in [0.15, 0.2) is 0 Å². The number of nitrogens with one attached hydrogen (secondary N) is 2. The van der Waals surface area contributed by atoms with Crippen molar-refractivity contribution in [1.82, 2.24) is 14.9 Å². The van der Waals surface area contributed by atoms with E-state index in [0.717, 1.165) is 5.69 Å². The predicted molar refractivity (Wildman–Crippen MR) is 99.7 cm³/mol. The zero-order valence-corrected chi connectivity index (χ0v) is 14.7. The van der Waals surface area contributed by atoms with Crippen molar-refractivity contribution in [2.24, 2.45) is 0 Å². The van der Waals surface area contributed by atoms with Crippen molar-refractivity contribution in [3.8, 4) is 0 Å². The van der Waals surface area contributed by atoms with Gasteiger partial charge in [0, 0.05) is 18.7 Å². The molecule has 3 N–H and O–H groups in total. The molecule has 2 heterocycles. The molecule has 1 aliphatic heterocycles. The molecule has 0 fully saturated rings. The number of carbonyl (C=O) groups is 2. The SMILES string of the molecule is O=C(O)c1ccccc1NC(=O)N1CCc2[nH]cnc2[C@@H]1c1cccc(F)c1. The van der Waals surface area contributed by atoms with Crippen molar-refractivity contribution in [2.75, 3.05) is 11.9 Å². The third kappa shape index (κ3) is 3.20. The molecular formula is C20H17FN4O3. The number of para-hydroxylation sites is 1. The first-order valence-corrected chi connectivity index (χ1v) is 8.72. The molecule has 0 bridgehead atoms. The maximum absolute atomic E-state index is 13.8. The maximum atomic E-state index is 13.8. The molecule has 0 spiro atoms. The van der Waals surface area contributed by atoms with Gasteiger partial charge in [0.1, 0.15) is 11.9 Å². The lowest BCUT2D eigenvalue weighted by atomic mass is 9.96. The summed E-state index contributed by atoms with van der Waals surface area (Å²) in [5, 5.41) is 12.0. The van der Waals surface area contributed by atoms with Crippen LogP contribution in [0, 0.1) is 5.82 Å². The number of aromatic nitrogens is 2. The Balaban J connectivity index is 1.70. The van der Waals surface area contributed by atoms with Crippen LogP contribution < -0.4 is 5.32 Å². The Bertz CT molecular complexity index is 1050. The van der Waals surface area contributed by atoms with Crippen molar-refractivity contribution in [3.05, 3.63) is 83.2 Å². The molecule has 0 saturated carbocycles. The number of carboxylic acid groups (broad SMARTS) is 1. The van der Waals surface area contributed by atoms with Crippen molar-refractivity contribution < 1.29 is 19.1 Å². The lowest BCUT2D eigenvalue weighted by molar-refractivity contribution is 0.0698. The molecule has 4 rings (SSSR count). The van der Waals surface area contributed by atoms with Gasteiger partial charge in [-0.25, -0.2) is 19.0 Å². The van der Waals surface area contributed by atoms with Gasteiger partial charge in [-0.05, 0) is 29.8 Å². The highest BCUT2D eigenvalue weighted by Gasteiger charge is 2.34. The molecule has 1 aromatic heterocycles. The number of H-pyrrole nitrogens is 1. The van der Waals surface area contributed by atoms with Gasteiger partial charge in [-0.15, -0.1) is 0 Å². The van der Waals surface area contributed by atoms with Gasteiger partial charge in [-0.3, -0.25) is 0 Å². The lowest BCUT2D eigenvalue weighted by Crippen LogP contribution is -2.43. The minimum absolute atomic E-state index is 0.00405. The summed E-state index contributed by atoms with van der Waals surface area (Å²) in [6.45, 7) is 0.372. The highest BCUT2D eigenvalue weighted by Crippen LogP contribution is 2.34. The number of hydrogen-bond acceptors (Lipinski definition) is 3. The first-order chi connectivity index (χ1) is 13.5. The topological polar surface area (TPSA) is 98.3 Å². The van der Waals surface area contributed by atoms with Gasteiger partial charge in [-0.1, -0.05) is 24.3 Å². The van der Waals surface area contributed by atoms with E-state index in [2.05, 4.69) is 15.3 Å². The van der Waals surface area contributed by atoms with Crippen molar-refractivity contribution in [1.29, 1.82) is 0 Å². The average molecular weight is 380 g/mol. The fourth-order valence-corrected chi connectivity index (χ4v) is 3.48. The molecule has 2 aromatic carbocycles. The molecule has 0 unspecified atom stereocenters. The van der Waals surface area contributed by atoms with E-state index in [1.165, 1.54) is 29.2 Å². The van der Waals surface area contributed by atoms with Crippen molar-refractivity contribution >= 4 is 17.7 Å². The third-order valence-corrected chi connectivity index (χ3v) is 4.75. The molecule has 0 radical (unpaired) electrons. The van der Waals surface area contributed by atoms with Crippen molar-refractivity contribution in [3.63, 3.8) is 0 Å². The van der Waals surface area contributed by atoms with Gasteiger partial charge in [0.25, 0.3) is 0 Å². The van der Waals surface area contributed by atoms with Crippen LogP contribution in [0.5, 0.6) is 0 Å². The van der Waals surface area contributed by atoms with E-state index in [0.29, 0.717) is 24.2 Å². The Kier molecular flexibility index (Phi) is 4.52. The van der Waals surface area contributed by atoms with Gasteiger partial charge < -0.3 is 20.3 Å². The van der Waals surface area contributed by atoms with Crippen LogP contribution in [0.15, 0.2) is 54.9 Å². The summed E-state index contributed by atoms with van der Waals surface area (Å²) in [5.41, 5.74) is 2.33. The van der Waals surface area contributed by atoms with Crippen molar-refractivity contribution in [2.45, 2.75) is 12.5 Å². The van der Waals surface area contributed by atoms with E-state index < -0.39 is 23.9 Å². The molecule has 2 amide bonds. The van der Waals surface area contributed by atoms with E-state index in [1.807, 2.05) is 0 Å². The Hall–Kier alpha value is -3.68. The number of benzene rings is 2. The smallest absolute Gasteiger partial charge is 0.337 e. The van der Waals surface area contributed by atoms with E-state index in [1.54, 1.807) is 30.6 Å². The molecule has 0 aliphatic carbocycles. The summed E-state index contributed by atoms with van der Waals surface area (Å²) in [6, 6.07) is 11.2. The van der Waals surface area contributed by atoms with Crippen LogP contribution in [0.25, 0.3) is 0 Å². The predicted octanol–water partition coefficient (Wildman–Crippen LogP) is 3.43. The normalized spacial score (nSPS) is 15.8. The molecule has 8 heteroatoms. The van der Waals surface area contributed by atoms with Crippen LogP contribution >= 0.6 is 0 Å².